The molecule has 0 aliphatic rings. The van der Waals surface area contributed by atoms with Crippen molar-refractivity contribution in [1.82, 2.24) is 4.98 Å². The number of halogens is 2. The molecule has 0 fully saturated rings. The second-order valence-electron chi connectivity index (χ2n) is 4.07. The fourth-order valence-electron chi connectivity index (χ4n) is 1.55. The van der Waals surface area contributed by atoms with Crippen molar-refractivity contribution in [2.24, 2.45) is 0 Å². The third-order valence-electron chi connectivity index (χ3n) is 2.62. The summed E-state index contributed by atoms with van der Waals surface area (Å²) >= 11 is 1.38. The van der Waals surface area contributed by atoms with E-state index in [0.29, 0.717) is 17.9 Å². The number of thiazole rings is 1. The zero-order chi connectivity index (χ0) is 15.5. The van der Waals surface area contributed by atoms with E-state index < -0.39 is 20.5 Å². The van der Waals surface area contributed by atoms with Crippen molar-refractivity contribution in [3.05, 3.63) is 40.3 Å². The Morgan fingerprint density at radius 3 is 2.48 bits per heavy atom. The number of rotatable bonds is 6. The van der Waals surface area contributed by atoms with Gasteiger partial charge in [0.15, 0.2) is 0 Å². The number of aromatic nitrogens is 1. The van der Waals surface area contributed by atoms with Crippen LogP contribution in [-0.4, -0.2) is 24.3 Å². The highest BCUT2D eigenvalue weighted by Crippen LogP contribution is 2.21. The molecule has 2 rings (SSSR count). The Morgan fingerprint density at radius 2 is 1.95 bits per heavy atom. The van der Waals surface area contributed by atoms with Crippen molar-refractivity contribution < 1.29 is 22.3 Å². The Morgan fingerprint density at radius 1 is 1.29 bits per heavy atom. The first kappa shape index (κ1) is 15.8. The van der Waals surface area contributed by atoms with Crippen LogP contribution < -0.4 is 5.32 Å². The minimum atomic E-state index is -4.56. The summed E-state index contributed by atoms with van der Waals surface area (Å²) in [5, 5.41) is 14.4. The molecule has 0 saturated heterocycles. The van der Waals surface area contributed by atoms with E-state index in [2.05, 4.69) is 10.3 Å². The van der Waals surface area contributed by atoms with Crippen molar-refractivity contribution in [3.8, 4) is 0 Å². The van der Waals surface area contributed by atoms with Crippen LogP contribution in [0.3, 0.4) is 0 Å². The van der Waals surface area contributed by atoms with Gasteiger partial charge in [-0.3, -0.25) is 0 Å². The van der Waals surface area contributed by atoms with Crippen LogP contribution in [0, 0.1) is 0 Å². The lowest BCUT2D eigenvalue weighted by Crippen LogP contribution is -2.11. The number of aliphatic hydroxyl groups excluding tert-OH is 1. The highest BCUT2D eigenvalue weighted by Gasteiger charge is 2.26. The molecule has 5 nitrogen and oxygen atoms in total. The van der Waals surface area contributed by atoms with Gasteiger partial charge in [0.2, 0.25) is 9.84 Å². The Labute approximate surface area is 124 Å². The van der Waals surface area contributed by atoms with Gasteiger partial charge in [-0.05, 0) is 24.3 Å². The van der Waals surface area contributed by atoms with Crippen LogP contribution in [0.4, 0.5) is 14.5 Å². The molecule has 0 radical (unpaired) electrons. The van der Waals surface area contributed by atoms with E-state index in [4.69, 9.17) is 5.11 Å². The minimum Gasteiger partial charge on any atom is -0.390 e. The lowest BCUT2D eigenvalue weighted by molar-refractivity contribution is 0.234. The molecule has 1 heterocycles. The molecule has 0 amide bonds. The molecule has 2 N–H and O–H groups in total. The SMILES string of the molecule is O=S(=O)(c1ccc(NCc2nc(CO)cs2)cc1)C(F)F. The van der Waals surface area contributed by atoms with Crippen LogP contribution in [0.2, 0.25) is 0 Å². The number of aliphatic hydroxyl groups is 1. The van der Waals surface area contributed by atoms with Gasteiger partial charge >= 0.3 is 5.76 Å². The first-order chi connectivity index (χ1) is 9.93. The Hall–Kier alpha value is -1.58. The van der Waals surface area contributed by atoms with Crippen LogP contribution in [0.5, 0.6) is 0 Å². The number of sulfone groups is 1. The standard InChI is InChI=1S/C12H12F2N2O3S2/c13-12(14)21(18,19)10-3-1-8(2-4-10)15-5-11-16-9(6-17)7-20-11/h1-4,7,12,15,17H,5-6H2. The molecule has 2 aromatic rings. The van der Waals surface area contributed by atoms with E-state index in [1.165, 1.54) is 23.5 Å². The number of alkyl halides is 2. The van der Waals surface area contributed by atoms with E-state index >= 15 is 0 Å². The fraction of sp³-hybridized carbons (Fsp3) is 0.250. The maximum Gasteiger partial charge on any atom is 0.341 e. The summed E-state index contributed by atoms with van der Waals surface area (Å²) in [7, 11) is -4.56. The highest BCUT2D eigenvalue weighted by atomic mass is 32.2. The molecule has 114 valence electrons. The summed E-state index contributed by atoms with van der Waals surface area (Å²) < 4.78 is 47.3. The molecule has 0 aliphatic heterocycles. The lowest BCUT2D eigenvalue weighted by Gasteiger charge is -2.06. The summed E-state index contributed by atoms with van der Waals surface area (Å²) in [6, 6.07) is 5.08. The number of hydrogen-bond acceptors (Lipinski definition) is 6. The van der Waals surface area contributed by atoms with E-state index in [-0.39, 0.29) is 6.61 Å². The Balaban J connectivity index is 2.03. The predicted octanol–water partition coefficient (Wildman–Crippen LogP) is 2.24. The highest BCUT2D eigenvalue weighted by molar-refractivity contribution is 7.91. The van der Waals surface area contributed by atoms with Gasteiger partial charge in [-0.2, -0.15) is 8.78 Å². The number of nitrogens with zero attached hydrogens (tertiary/aromatic N) is 1. The van der Waals surface area contributed by atoms with Gasteiger partial charge < -0.3 is 10.4 Å². The molecule has 9 heteroatoms. The number of anilines is 1. The lowest BCUT2D eigenvalue weighted by atomic mass is 10.3. The Bertz CT molecular complexity index is 700. The number of benzene rings is 1. The normalized spacial score (nSPS) is 11.8. The molecule has 0 saturated carbocycles. The zero-order valence-electron chi connectivity index (χ0n) is 10.7. The summed E-state index contributed by atoms with van der Waals surface area (Å²) in [5.41, 5.74) is 1.17. The van der Waals surface area contributed by atoms with Gasteiger partial charge in [0.25, 0.3) is 0 Å². The van der Waals surface area contributed by atoms with Gasteiger partial charge in [0, 0.05) is 11.1 Å². The van der Waals surface area contributed by atoms with Gasteiger partial charge in [-0.1, -0.05) is 0 Å². The van der Waals surface area contributed by atoms with E-state index in [9.17, 15) is 17.2 Å². The maximum absolute atomic E-state index is 12.4. The predicted molar refractivity (Wildman–Crippen MR) is 75.0 cm³/mol. The van der Waals surface area contributed by atoms with E-state index in [1.807, 2.05) is 0 Å². The summed E-state index contributed by atoms with van der Waals surface area (Å²) in [4.78, 5) is 3.72. The molecule has 0 unspecified atom stereocenters. The van der Waals surface area contributed by atoms with Crippen LogP contribution >= 0.6 is 11.3 Å². The summed E-state index contributed by atoms with van der Waals surface area (Å²) in [6.07, 6.45) is 0. The summed E-state index contributed by atoms with van der Waals surface area (Å²) in [6.45, 7) is 0.266. The van der Waals surface area contributed by atoms with Crippen molar-refractivity contribution in [3.63, 3.8) is 0 Å². The second kappa shape index (κ2) is 6.46. The van der Waals surface area contributed by atoms with Crippen molar-refractivity contribution in [1.29, 1.82) is 0 Å². The topological polar surface area (TPSA) is 79.3 Å². The Kier molecular flexibility index (Phi) is 4.86. The van der Waals surface area contributed by atoms with Crippen molar-refractivity contribution in [2.45, 2.75) is 23.8 Å². The van der Waals surface area contributed by atoms with Crippen molar-refractivity contribution >= 4 is 26.9 Å². The molecule has 1 aromatic heterocycles. The fourth-order valence-corrected chi connectivity index (χ4v) is 2.99. The third kappa shape index (κ3) is 3.74. The number of nitrogens with one attached hydrogen (secondary N) is 1. The van der Waals surface area contributed by atoms with Crippen LogP contribution in [-0.2, 0) is 23.0 Å². The van der Waals surface area contributed by atoms with E-state index in [0.717, 1.165) is 17.1 Å². The molecular formula is C12H12F2N2O3S2. The number of hydrogen-bond donors (Lipinski definition) is 2. The first-order valence-corrected chi connectivity index (χ1v) is 8.26. The average Bonchev–Trinajstić information content (AvgIpc) is 2.93. The van der Waals surface area contributed by atoms with Crippen LogP contribution in [0.15, 0.2) is 34.5 Å². The molecule has 0 spiro atoms. The minimum absolute atomic E-state index is 0.128. The largest absolute Gasteiger partial charge is 0.390 e. The van der Waals surface area contributed by atoms with Crippen LogP contribution in [0.25, 0.3) is 0 Å². The monoisotopic (exact) mass is 334 g/mol. The molecule has 0 atom stereocenters. The van der Waals surface area contributed by atoms with Gasteiger partial charge in [-0.25, -0.2) is 13.4 Å². The smallest absolute Gasteiger partial charge is 0.341 e. The zero-order valence-corrected chi connectivity index (χ0v) is 12.3. The van der Waals surface area contributed by atoms with Gasteiger partial charge in [-0.15, -0.1) is 11.3 Å². The average molecular weight is 334 g/mol. The summed E-state index contributed by atoms with van der Waals surface area (Å²) in [5.74, 6) is -3.43. The molecule has 0 bridgehead atoms. The maximum atomic E-state index is 12.4. The third-order valence-corrected chi connectivity index (χ3v) is 4.92. The van der Waals surface area contributed by atoms with Gasteiger partial charge in [0.1, 0.15) is 5.01 Å². The molecule has 0 aliphatic carbocycles. The van der Waals surface area contributed by atoms with Gasteiger partial charge in [0.05, 0.1) is 23.7 Å². The van der Waals surface area contributed by atoms with Crippen LogP contribution in [0.1, 0.15) is 10.7 Å². The molecular weight excluding hydrogens is 322 g/mol. The molecule has 1 aromatic carbocycles. The van der Waals surface area contributed by atoms with Crippen molar-refractivity contribution in [2.75, 3.05) is 5.32 Å². The quantitative estimate of drug-likeness (QED) is 0.847. The van der Waals surface area contributed by atoms with E-state index in [1.54, 1.807) is 5.38 Å². The first-order valence-electron chi connectivity index (χ1n) is 5.83. The molecule has 21 heavy (non-hydrogen) atoms. The second-order valence-corrected chi connectivity index (χ2v) is 6.93.